The minimum atomic E-state index is -0.0111. The summed E-state index contributed by atoms with van der Waals surface area (Å²) in [6.07, 6.45) is 3.89. The van der Waals surface area contributed by atoms with E-state index >= 15 is 0 Å². The number of aromatic nitrogens is 2. The lowest BCUT2D eigenvalue weighted by Crippen LogP contribution is -2.61. The highest BCUT2D eigenvalue weighted by Gasteiger charge is 2.36. The van der Waals surface area contributed by atoms with Crippen LogP contribution in [0, 0.1) is 0 Å². The average molecular weight is 370 g/mol. The molecule has 0 aliphatic carbocycles. The fraction of sp³-hybridized carbons (Fsp3) is 0.500. The number of carbonyl (C=O) groups excluding carboxylic acids is 1. The zero-order valence-electron chi connectivity index (χ0n) is 15.7. The van der Waals surface area contributed by atoms with Crippen molar-refractivity contribution in [2.75, 3.05) is 33.3 Å². The summed E-state index contributed by atoms with van der Waals surface area (Å²) in [5, 5.41) is 7.07. The maximum Gasteiger partial charge on any atom is 0.274 e. The number of nitrogens with one attached hydrogen (secondary N) is 1. The number of hydrogen-bond donors (Lipinski definition) is 1. The van der Waals surface area contributed by atoms with E-state index in [1.807, 2.05) is 29.2 Å². The third-order valence-corrected chi connectivity index (χ3v) is 5.36. The first kappa shape index (κ1) is 17.9. The Morgan fingerprint density at radius 1 is 1.19 bits per heavy atom. The number of amides is 1. The lowest BCUT2D eigenvalue weighted by Gasteiger charge is -2.46. The minimum absolute atomic E-state index is 0.0111. The zero-order valence-corrected chi connectivity index (χ0v) is 15.7. The topological polar surface area (TPSA) is 70.7 Å². The monoisotopic (exact) mass is 370 g/mol. The SMILES string of the molecule is COc1ccccc1OCc1cc(C(=O)N2CC(N3CCCCC3)C2)n[nH]1. The highest BCUT2D eigenvalue weighted by atomic mass is 16.5. The van der Waals surface area contributed by atoms with Crippen molar-refractivity contribution in [1.29, 1.82) is 0 Å². The average Bonchev–Trinajstić information content (AvgIpc) is 3.15. The molecule has 7 nitrogen and oxygen atoms in total. The number of carbonyl (C=O) groups is 1. The van der Waals surface area contributed by atoms with Crippen molar-refractivity contribution in [2.24, 2.45) is 0 Å². The van der Waals surface area contributed by atoms with E-state index in [4.69, 9.17) is 9.47 Å². The van der Waals surface area contributed by atoms with E-state index < -0.39 is 0 Å². The van der Waals surface area contributed by atoms with Gasteiger partial charge in [-0.3, -0.25) is 14.8 Å². The fourth-order valence-electron chi connectivity index (χ4n) is 3.74. The van der Waals surface area contributed by atoms with Crippen molar-refractivity contribution >= 4 is 5.91 Å². The number of likely N-dealkylation sites (tertiary alicyclic amines) is 2. The summed E-state index contributed by atoms with van der Waals surface area (Å²) in [6, 6.07) is 9.76. The molecule has 1 aromatic carbocycles. The maximum absolute atomic E-state index is 12.6. The van der Waals surface area contributed by atoms with Crippen LogP contribution in [0.2, 0.25) is 0 Å². The molecular weight excluding hydrogens is 344 g/mol. The predicted molar refractivity (Wildman–Crippen MR) is 101 cm³/mol. The molecule has 144 valence electrons. The van der Waals surface area contributed by atoms with Gasteiger partial charge in [-0.05, 0) is 44.1 Å². The number of ether oxygens (including phenoxy) is 2. The number of piperidine rings is 1. The number of methoxy groups -OCH3 is 1. The van der Waals surface area contributed by atoms with Crippen molar-refractivity contribution in [3.8, 4) is 11.5 Å². The molecule has 7 heteroatoms. The number of benzene rings is 1. The summed E-state index contributed by atoms with van der Waals surface area (Å²) >= 11 is 0. The molecule has 27 heavy (non-hydrogen) atoms. The molecular formula is C20H26N4O3. The number of hydrogen-bond acceptors (Lipinski definition) is 5. The molecule has 2 aromatic rings. The van der Waals surface area contributed by atoms with E-state index in [-0.39, 0.29) is 5.91 Å². The zero-order chi connectivity index (χ0) is 18.6. The van der Waals surface area contributed by atoms with Crippen LogP contribution in [0.1, 0.15) is 35.4 Å². The van der Waals surface area contributed by atoms with Gasteiger partial charge in [-0.1, -0.05) is 18.6 Å². The molecule has 2 saturated heterocycles. The molecule has 2 aliphatic rings. The molecule has 0 unspecified atom stereocenters. The normalized spacial score (nSPS) is 18.2. The smallest absolute Gasteiger partial charge is 0.274 e. The van der Waals surface area contributed by atoms with Crippen LogP contribution >= 0.6 is 0 Å². The van der Waals surface area contributed by atoms with E-state index in [0.717, 1.165) is 18.8 Å². The van der Waals surface area contributed by atoms with Gasteiger partial charge in [0.05, 0.1) is 12.8 Å². The van der Waals surface area contributed by atoms with Gasteiger partial charge in [-0.25, -0.2) is 0 Å². The standard InChI is InChI=1S/C20H26N4O3/c1-26-18-7-3-4-8-19(18)27-14-15-11-17(22-21-15)20(25)24-12-16(13-24)23-9-5-2-6-10-23/h3-4,7-8,11,16H,2,5-6,9-10,12-14H2,1H3,(H,21,22). The van der Waals surface area contributed by atoms with Gasteiger partial charge < -0.3 is 14.4 Å². The van der Waals surface area contributed by atoms with Crippen LogP contribution in [-0.4, -0.2) is 65.2 Å². The number of rotatable bonds is 6. The molecule has 1 amide bonds. The molecule has 3 heterocycles. The summed E-state index contributed by atoms with van der Waals surface area (Å²) in [7, 11) is 1.61. The summed E-state index contributed by atoms with van der Waals surface area (Å²) in [6.45, 7) is 4.24. The van der Waals surface area contributed by atoms with Crippen LogP contribution in [0.3, 0.4) is 0 Å². The Labute approximate surface area is 159 Å². The summed E-state index contributed by atoms with van der Waals surface area (Å²) in [5.41, 5.74) is 1.21. The summed E-state index contributed by atoms with van der Waals surface area (Å²) in [5.74, 6) is 1.33. The Bertz CT molecular complexity index is 779. The van der Waals surface area contributed by atoms with Gasteiger partial charge in [0.1, 0.15) is 6.61 Å². The van der Waals surface area contributed by atoms with Gasteiger partial charge in [0.25, 0.3) is 5.91 Å². The Kier molecular flexibility index (Phi) is 5.29. The summed E-state index contributed by atoms with van der Waals surface area (Å²) in [4.78, 5) is 17.0. The summed E-state index contributed by atoms with van der Waals surface area (Å²) < 4.78 is 11.1. The molecule has 0 spiro atoms. The van der Waals surface area contributed by atoms with Crippen molar-refractivity contribution in [1.82, 2.24) is 20.0 Å². The molecule has 0 saturated carbocycles. The first-order valence-electron chi connectivity index (χ1n) is 9.58. The Hall–Kier alpha value is -2.54. The van der Waals surface area contributed by atoms with Crippen molar-refractivity contribution in [2.45, 2.75) is 31.9 Å². The van der Waals surface area contributed by atoms with E-state index in [2.05, 4.69) is 15.1 Å². The number of aromatic amines is 1. The van der Waals surface area contributed by atoms with Crippen LogP contribution in [0.25, 0.3) is 0 Å². The van der Waals surface area contributed by atoms with E-state index in [9.17, 15) is 4.79 Å². The van der Waals surface area contributed by atoms with E-state index in [1.165, 1.54) is 32.4 Å². The van der Waals surface area contributed by atoms with E-state index in [0.29, 0.717) is 29.8 Å². The van der Waals surface area contributed by atoms with Gasteiger partial charge >= 0.3 is 0 Å². The largest absolute Gasteiger partial charge is 0.493 e. The second-order valence-corrected chi connectivity index (χ2v) is 7.18. The van der Waals surface area contributed by atoms with Crippen molar-refractivity contribution in [3.63, 3.8) is 0 Å². The molecule has 4 rings (SSSR count). The molecule has 1 N–H and O–H groups in total. The molecule has 2 aliphatic heterocycles. The third kappa shape index (κ3) is 3.93. The van der Waals surface area contributed by atoms with Crippen molar-refractivity contribution in [3.05, 3.63) is 41.7 Å². The van der Waals surface area contributed by atoms with Gasteiger partial charge in [0.15, 0.2) is 17.2 Å². The lowest BCUT2D eigenvalue weighted by molar-refractivity contribution is 0.0199. The highest BCUT2D eigenvalue weighted by Crippen LogP contribution is 2.26. The Morgan fingerprint density at radius 2 is 1.93 bits per heavy atom. The molecule has 0 radical (unpaired) electrons. The van der Waals surface area contributed by atoms with Gasteiger partial charge in [0, 0.05) is 19.1 Å². The second-order valence-electron chi connectivity index (χ2n) is 7.18. The second kappa shape index (κ2) is 8.00. The first-order valence-corrected chi connectivity index (χ1v) is 9.58. The van der Waals surface area contributed by atoms with Crippen LogP contribution in [-0.2, 0) is 6.61 Å². The quantitative estimate of drug-likeness (QED) is 0.845. The van der Waals surface area contributed by atoms with Crippen molar-refractivity contribution < 1.29 is 14.3 Å². The minimum Gasteiger partial charge on any atom is -0.493 e. The molecule has 2 fully saturated rings. The Balaban J connectivity index is 1.29. The van der Waals surface area contributed by atoms with Crippen LogP contribution in [0.4, 0.5) is 0 Å². The number of para-hydroxylation sites is 2. The molecule has 1 aromatic heterocycles. The first-order chi connectivity index (χ1) is 13.2. The van der Waals surface area contributed by atoms with Gasteiger partial charge in [-0.2, -0.15) is 5.10 Å². The maximum atomic E-state index is 12.6. The van der Waals surface area contributed by atoms with Gasteiger partial charge in [0.2, 0.25) is 0 Å². The van der Waals surface area contributed by atoms with Crippen LogP contribution < -0.4 is 9.47 Å². The van der Waals surface area contributed by atoms with Crippen LogP contribution in [0.5, 0.6) is 11.5 Å². The number of nitrogens with zero attached hydrogens (tertiary/aromatic N) is 3. The molecule has 0 bridgehead atoms. The third-order valence-electron chi connectivity index (χ3n) is 5.36. The number of H-pyrrole nitrogens is 1. The van der Waals surface area contributed by atoms with Gasteiger partial charge in [-0.15, -0.1) is 0 Å². The Morgan fingerprint density at radius 3 is 2.67 bits per heavy atom. The highest BCUT2D eigenvalue weighted by molar-refractivity contribution is 5.93. The van der Waals surface area contributed by atoms with E-state index in [1.54, 1.807) is 13.2 Å². The fourth-order valence-corrected chi connectivity index (χ4v) is 3.74. The lowest BCUT2D eigenvalue weighted by atomic mass is 10.0. The molecule has 0 atom stereocenters. The van der Waals surface area contributed by atoms with Crippen LogP contribution in [0.15, 0.2) is 30.3 Å². The predicted octanol–water partition coefficient (Wildman–Crippen LogP) is 2.31.